The molecule has 2 aliphatic rings. The summed E-state index contributed by atoms with van der Waals surface area (Å²) >= 11 is 0. The Morgan fingerprint density at radius 1 is 0.673 bits per heavy atom. The molecule has 0 saturated carbocycles. The zero-order valence-corrected chi connectivity index (χ0v) is 29.4. The molecule has 7 rings (SSSR count). The molecule has 4 heterocycles. The van der Waals surface area contributed by atoms with Crippen LogP contribution in [0.15, 0.2) is 70.3 Å². The van der Waals surface area contributed by atoms with Gasteiger partial charge in [-0.25, -0.2) is 0 Å². The maximum absolute atomic E-state index is 13.5. The van der Waals surface area contributed by atoms with Gasteiger partial charge in [0.1, 0.15) is 17.2 Å². The lowest BCUT2D eigenvalue weighted by Gasteiger charge is -2.33. The summed E-state index contributed by atoms with van der Waals surface area (Å²) in [4.78, 5) is 33.5. The molecule has 0 unspecified atom stereocenters. The SMILES string of the molecule is CCCN1CCCc2c1c1cc(OC)ccc1[nH]c2=O.CCCN1CCCc2c1c1cc(OC)ccc1n(Cc1ccc(OC)cc1)c2=O. The Balaban J connectivity index is 0.000000182. The van der Waals surface area contributed by atoms with Gasteiger partial charge in [0, 0.05) is 48.1 Å². The number of ether oxygens (including phenoxy) is 3. The van der Waals surface area contributed by atoms with Crippen LogP contribution < -0.4 is 35.1 Å². The zero-order chi connectivity index (χ0) is 34.5. The summed E-state index contributed by atoms with van der Waals surface area (Å²) in [5, 5.41) is 2.19. The number of nitrogens with zero attached hydrogens (tertiary/aromatic N) is 3. The maximum atomic E-state index is 13.5. The second-order valence-electron chi connectivity index (χ2n) is 12.8. The Morgan fingerprint density at radius 3 is 1.84 bits per heavy atom. The lowest BCUT2D eigenvalue weighted by atomic mass is 9.98. The number of pyridine rings is 2. The second-order valence-corrected chi connectivity index (χ2v) is 12.8. The quantitative estimate of drug-likeness (QED) is 0.183. The third-order valence-corrected chi connectivity index (χ3v) is 9.66. The fraction of sp³-hybridized carbons (Fsp3) is 0.400. The predicted octanol–water partition coefficient (Wildman–Crippen LogP) is 6.93. The highest BCUT2D eigenvalue weighted by molar-refractivity contribution is 5.96. The highest BCUT2D eigenvalue weighted by Crippen LogP contribution is 2.36. The molecule has 258 valence electrons. The molecule has 0 radical (unpaired) electrons. The van der Waals surface area contributed by atoms with Gasteiger partial charge < -0.3 is 33.6 Å². The van der Waals surface area contributed by atoms with Crippen LogP contribution in [0.4, 0.5) is 11.4 Å². The number of hydrogen-bond donors (Lipinski definition) is 1. The summed E-state index contributed by atoms with van der Waals surface area (Å²) in [7, 11) is 5.01. The summed E-state index contributed by atoms with van der Waals surface area (Å²) in [6, 6.07) is 19.8. The standard InChI is InChI=1S/C24H28N2O3.C16H20N2O2/c1-4-13-25-14-5-6-20-23(25)21-15-19(29-3)11-12-22(21)26(24(20)27)16-17-7-9-18(28-2)10-8-17;1-3-8-18-9-4-5-12-15(18)13-10-11(20-2)6-7-14(13)17-16(12)19/h7-12,15H,4-6,13-14,16H2,1-3H3;6-7,10H,3-5,8-9H2,1-2H3,(H,17,19). The van der Waals surface area contributed by atoms with Crippen LogP contribution in [0.3, 0.4) is 0 Å². The second kappa shape index (κ2) is 15.1. The molecule has 3 aromatic carbocycles. The van der Waals surface area contributed by atoms with Gasteiger partial charge in [-0.1, -0.05) is 26.0 Å². The molecule has 1 N–H and O–H groups in total. The van der Waals surface area contributed by atoms with Gasteiger partial charge in [-0.05, 0) is 92.6 Å². The average Bonchev–Trinajstić information content (AvgIpc) is 3.14. The summed E-state index contributed by atoms with van der Waals surface area (Å²) in [5.74, 6) is 2.46. The molecule has 49 heavy (non-hydrogen) atoms. The van der Waals surface area contributed by atoms with Gasteiger partial charge in [0.2, 0.25) is 0 Å². The summed E-state index contributed by atoms with van der Waals surface area (Å²) in [6.07, 6.45) is 5.88. The van der Waals surface area contributed by atoms with Crippen LogP contribution in [0.25, 0.3) is 21.8 Å². The Bertz CT molecular complexity index is 2050. The topological polar surface area (TPSA) is 89.0 Å². The maximum Gasteiger partial charge on any atom is 0.256 e. The van der Waals surface area contributed by atoms with Crippen molar-refractivity contribution in [3.05, 3.63) is 98.1 Å². The molecule has 0 amide bonds. The van der Waals surface area contributed by atoms with E-state index < -0.39 is 0 Å². The predicted molar refractivity (Wildman–Crippen MR) is 200 cm³/mol. The van der Waals surface area contributed by atoms with Gasteiger partial charge in [0.25, 0.3) is 11.1 Å². The Morgan fingerprint density at radius 2 is 1.22 bits per heavy atom. The summed E-state index contributed by atoms with van der Waals surface area (Å²) < 4.78 is 18.0. The van der Waals surface area contributed by atoms with Crippen LogP contribution in [-0.4, -0.2) is 57.1 Å². The van der Waals surface area contributed by atoms with Gasteiger partial charge in [-0.15, -0.1) is 0 Å². The highest BCUT2D eigenvalue weighted by atomic mass is 16.5. The molecule has 0 bridgehead atoms. The van der Waals surface area contributed by atoms with E-state index in [0.717, 1.165) is 132 Å². The van der Waals surface area contributed by atoms with Crippen LogP contribution in [0.1, 0.15) is 56.2 Å². The first kappa shape index (κ1) is 34.0. The smallest absolute Gasteiger partial charge is 0.256 e. The number of nitrogens with one attached hydrogen (secondary N) is 1. The van der Waals surface area contributed by atoms with E-state index >= 15 is 0 Å². The van der Waals surface area contributed by atoms with Crippen molar-refractivity contribution in [3.8, 4) is 17.2 Å². The number of hydrogen-bond acceptors (Lipinski definition) is 7. The molecule has 0 aliphatic carbocycles. The number of aromatic nitrogens is 2. The summed E-state index contributed by atoms with van der Waals surface area (Å²) in [5.41, 5.74) is 7.15. The van der Waals surface area contributed by atoms with Crippen molar-refractivity contribution in [1.29, 1.82) is 0 Å². The molecule has 9 heteroatoms. The monoisotopic (exact) mass is 664 g/mol. The molecule has 0 fully saturated rings. The fourth-order valence-electron chi connectivity index (χ4n) is 7.38. The lowest BCUT2D eigenvalue weighted by Crippen LogP contribution is -2.36. The number of rotatable bonds is 9. The van der Waals surface area contributed by atoms with Crippen LogP contribution >= 0.6 is 0 Å². The van der Waals surface area contributed by atoms with Crippen LogP contribution in [0.2, 0.25) is 0 Å². The fourth-order valence-corrected chi connectivity index (χ4v) is 7.38. The number of methoxy groups -OCH3 is 3. The molecule has 9 nitrogen and oxygen atoms in total. The highest BCUT2D eigenvalue weighted by Gasteiger charge is 2.25. The Labute approximate surface area is 288 Å². The van der Waals surface area contributed by atoms with Gasteiger partial charge in [0.15, 0.2) is 0 Å². The zero-order valence-electron chi connectivity index (χ0n) is 29.4. The van der Waals surface area contributed by atoms with E-state index in [-0.39, 0.29) is 11.1 Å². The van der Waals surface area contributed by atoms with E-state index in [9.17, 15) is 9.59 Å². The third-order valence-electron chi connectivity index (χ3n) is 9.66. The number of anilines is 2. The normalized spacial score (nSPS) is 13.8. The minimum absolute atomic E-state index is 0.0541. The van der Waals surface area contributed by atoms with Crippen LogP contribution in [0, 0.1) is 0 Å². The van der Waals surface area contributed by atoms with Crippen molar-refractivity contribution in [1.82, 2.24) is 9.55 Å². The molecular formula is C40H48N4O5. The largest absolute Gasteiger partial charge is 0.497 e. The van der Waals surface area contributed by atoms with E-state index in [0.29, 0.717) is 6.54 Å². The van der Waals surface area contributed by atoms with Gasteiger partial charge >= 0.3 is 0 Å². The molecule has 0 atom stereocenters. The Hall–Kier alpha value is -4.92. The van der Waals surface area contributed by atoms with E-state index in [2.05, 4.69) is 34.7 Å². The summed E-state index contributed by atoms with van der Waals surface area (Å²) in [6.45, 7) is 8.86. The number of aromatic amines is 1. The van der Waals surface area contributed by atoms with E-state index in [4.69, 9.17) is 14.2 Å². The number of fused-ring (bicyclic) bond motifs is 6. The average molecular weight is 665 g/mol. The molecular weight excluding hydrogens is 616 g/mol. The van der Waals surface area contributed by atoms with E-state index in [1.165, 1.54) is 0 Å². The van der Waals surface area contributed by atoms with Crippen molar-refractivity contribution in [2.24, 2.45) is 0 Å². The number of benzene rings is 3. The van der Waals surface area contributed by atoms with Crippen molar-refractivity contribution >= 4 is 33.2 Å². The first-order valence-electron chi connectivity index (χ1n) is 17.5. The van der Waals surface area contributed by atoms with Gasteiger partial charge in [-0.3, -0.25) is 9.59 Å². The minimum Gasteiger partial charge on any atom is -0.497 e. The van der Waals surface area contributed by atoms with Crippen molar-refractivity contribution in [3.63, 3.8) is 0 Å². The van der Waals surface area contributed by atoms with Gasteiger partial charge in [-0.2, -0.15) is 0 Å². The van der Waals surface area contributed by atoms with Crippen LogP contribution in [0.5, 0.6) is 17.2 Å². The van der Waals surface area contributed by atoms with Crippen molar-refractivity contribution < 1.29 is 14.2 Å². The Kier molecular flexibility index (Phi) is 10.5. The molecule has 2 aromatic heterocycles. The first-order valence-corrected chi connectivity index (χ1v) is 17.5. The first-order chi connectivity index (χ1) is 23.9. The third kappa shape index (κ3) is 6.84. The van der Waals surface area contributed by atoms with Crippen molar-refractivity contribution in [2.75, 3.05) is 57.3 Å². The molecule has 2 aliphatic heterocycles. The minimum atomic E-state index is 0.0541. The number of H-pyrrole nitrogens is 1. The van der Waals surface area contributed by atoms with Gasteiger partial charge in [0.05, 0.1) is 50.3 Å². The molecule has 5 aromatic rings. The molecule has 0 spiro atoms. The van der Waals surface area contributed by atoms with Crippen LogP contribution in [-0.2, 0) is 19.4 Å². The van der Waals surface area contributed by atoms with E-state index in [1.807, 2.05) is 59.2 Å². The van der Waals surface area contributed by atoms with E-state index in [1.54, 1.807) is 21.3 Å². The lowest BCUT2D eigenvalue weighted by molar-refractivity contribution is 0.414. The van der Waals surface area contributed by atoms with Crippen molar-refractivity contribution in [2.45, 2.75) is 58.9 Å². The molecule has 0 saturated heterocycles.